The molecule has 0 fully saturated rings. The van der Waals surface area contributed by atoms with E-state index in [2.05, 4.69) is 10.1 Å². The molecule has 0 saturated heterocycles. The molecule has 2 rings (SSSR count). The summed E-state index contributed by atoms with van der Waals surface area (Å²) in [5.41, 5.74) is 2.48. The van der Waals surface area contributed by atoms with E-state index in [1.54, 1.807) is 17.9 Å². The molecule has 0 aliphatic heterocycles. The SMILES string of the molecule is Cc1nn(C)c(CC(=O)CCc2ccccn2)c1Cl. The monoisotopic (exact) mass is 277 g/mol. The average molecular weight is 278 g/mol. The quantitative estimate of drug-likeness (QED) is 0.844. The molecular weight excluding hydrogens is 262 g/mol. The van der Waals surface area contributed by atoms with Gasteiger partial charge in [0.25, 0.3) is 0 Å². The van der Waals surface area contributed by atoms with Gasteiger partial charge in [-0.2, -0.15) is 5.10 Å². The second-order valence-electron chi connectivity index (χ2n) is 4.51. The first kappa shape index (κ1) is 13.7. The Kier molecular flexibility index (Phi) is 4.32. The normalized spacial score (nSPS) is 10.7. The molecule has 0 N–H and O–H groups in total. The summed E-state index contributed by atoms with van der Waals surface area (Å²) in [5, 5.41) is 4.79. The summed E-state index contributed by atoms with van der Waals surface area (Å²) in [5.74, 6) is 0.149. The Hall–Kier alpha value is -1.68. The van der Waals surface area contributed by atoms with Crippen LogP contribution in [0.3, 0.4) is 0 Å². The van der Waals surface area contributed by atoms with Gasteiger partial charge in [0.1, 0.15) is 5.78 Å². The topological polar surface area (TPSA) is 47.8 Å². The summed E-state index contributed by atoms with van der Waals surface area (Å²) in [4.78, 5) is 16.2. The number of hydrogen-bond acceptors (Lipinski definition) is 3. The van der Waals surface area contributed by atoms with Crippen LogP contribution in [0.4, 0.5) is 0 Å². The summed E-state index contributed by atoms with van der Waals surface area (Å²) in [6.07, 6.45) is 3.19. The van der Waals surface area contributed by atoms with Crippen LogP contribution in [0.15, 0.2) is 24.4 Å². The minimum absolute atomic E-state index is 0.149. The Morgan fingerprint density at radius 3 is 2.79 bits per heavy atom. The van der Waals surface area contributed by atoms with Crippen LogP contribution < -0.4 is 0 Å². The van der Waals surface area contributed by atoms with Gasteiger partial charge in [-0.25, -0.2) is 0 Å². The summed E-state index contributed by atoms with van der Waals surface area (Å²) in [6.45, 7) is 1.84. The van der Waals surface area contributed by atoms with Crippen LogP contribution >= 0.6 is 11.6 Å². The number of carbonyl (C=O) groups is 1. The third kappa shape index (κ3) is 3.41. The van der Waals surface area contributed by atoms with Crippen molar-refractivity contribution in [2.75, 3.05) is 0 Å². The maximum absolute atomic E-state index is 12.0. The highest BCUT2D eigenvalue weighted by Crippen LogP contribution is 2.20. The van der Waals surface area contributed by atoms with Crippen LogP contribution in [0.5, 0.6) is 0 Å². The van der Waals surface area contributed by atoms with Crippen molar-refractivity contribution in [2.24, 2.45) is 7.05 Å². The Balaban J connectivity index is 1.95. The third-order valence-electron chi connectivity index (χ3n) is 3.01. The Morgan fingerprint density at radius 2 is 2.21 bits per heavy atom. The van der Waals surface area contributed by atoms with Crippen LogP contribution in [-0.4, -0.2) is 20.5 Å². The molecule has 0 radical (unpaired) electrons. The molecule has 0 unspecified atom stereocenters. The van der Waals surface area contributed by atoms with Gasteiger partial charge in [0.15, 0.2) is 0 Å². The van der Waals surface area contributed by atoms with E-state index in [0.29, 0.717) is 24.3 Å². The lowest BCUT2D eigenvalue weighted by atomic mass is 10.1. The summed E-state index contributed by atoms with van der Waals surface area (Å²) in [7, 11) is 1.81. The van der Waals surface area contributed by atoms with Gasteiger partial charge in [-0.3, -0.25) is 14.5 Å². The molecule has 0 amide bonds. The number of rotatable bonds is 5. The minimum atomic E-state index is 0.149. The Labute approximate surface area is 117 Å². The van der Waals surface area contributed by atoms with Gasteiger partial charge in [-0.15, -0.1) is 0 Å². The van der Waals surface area contributed by atoms with Gasteiger partial charge in [0, 0.05) is 31.8 Å². The number of carbonyl (C=O) groups excluding carboxylic acids is 1. The lowest BCUT2D eigenvalue weighted by Crippen LogP contribution is -2.09. The first-order valence-corrected chi connectivity index (χ1v) is 6.55. The molecule has 0 aromatic carbocycles. The van der Waals surface area contributed by atoms with E-state index in [1.165, 1.54) is 0 Å². The predicted octanol–water partition coefficient (Wildman–Crippen LogP) is 2.52. The van der Waals surface area contributed by atoms with E-state index in [-0.39, 0.29) is 5.78 Å². The minimum Gasteiger partial charge on any atom is -0.299 e. The van der Waals surface area contributed by atoms with Crippen molar-refractivity contribution in [1.82, 2.24) is 14.8 Å². The molecule has 2 aromatic heterocycles. The first-order chi connectivity index (χ1) is 9.08. The van der Waals surface area contributed by atoms with E-state index < -0.39 is 0 Å². The first-order valence-electron chi connectivity index (χ1n) is 6.17. The summed E-state index contributed by atoms with van der Waals surface area (Å²) in [6, 6.07) is 5.71. The van der Waals surface area contributed by atoms with Gasteiger partial charge in [-0.05, 0) is 25.5 Å². The fraction of sp³-hybridized carbons (Fsp3) is 0.357. The molecule has 2 aromatic rings. The second-order valence-corrected chi connectivity index (χ2v) is 4.88. The van der Waals surface area contributed by atoms with Gasteiger partial charge in [-0.1, -0.05) is 17.7 Å². The van der Waals surface area contributed by atoms with Crippen molar-refractivity contribution < 1.29 is 4.79 Å². The number of nitrogens with zero attached hydrogens (tertiary/aromatic N) is 3. The molecule has 0 atom stereocenters. The van der Waals surface area contributed by atoms with Crippen molar-refractivity contribution in [1.29, 1.82) is 0 Å². The fourth-order valence-corrected chi connectivity index (χ4v) is 2.19. The molecule has 0 spiro atoms. The summed E-state index contributed by atoms with van der Waals surface area (Å²) >= 11 is 6.13. The molecule has 19 heavy (non-hydrogen) atoms. The molecule has 0 bridgehead atoms. The van der Waals surface area contributed by atoms with Crippen LogP contribution in [0.2, 0.25) is 5.02 Å². The zero-order valence-corrected chi connectivity index (χ0v) is 11.8. The van der Waals surface area contributed by atoms with Crippen molar-refractivity contribution in [2.45, 2.75) is 26.2 Å². The number of pyridine rings is 1. The standard InChI is InChI=1S/C14H16ClN3O/c1-10-14(15)13(18(2)17-10)9-12(19)7-6-11-5-3-4-8-16-11/h3-5,8H,6-7,9H2,1-2H3. The number of aryl methyl sites for hydroxylation is 3. The molecule has 2 heterocycles. The molecule has 100 valence electrons. The van der Waals surface area contributed by atoms with Crippen molar-refractivity contribution in [3.63, 3.8) is 0 Å². The van der Waals surface area contributed by atoms with Gasteiger partial charge < -0.3 is 0 Å². The number of aromatic nitrogens is 3. The van der Waals surface area contributed by atoms with Crippen LogP contribution in [-0.2, 0) is 24.7 Å². The number of halogens is 1. The van der Waals surface area contributed by atoms with Gasteiger partial charge in [0.05, 0.1) is 16.4 Å². The van der Waals surface area contributed by atoms with Crippen LogP contribution in [0.25, 0.3) is 0 Å². The third-order valence-corrected chi connectivity index (χ3v) is 3.50. The predicted molar refractivity (Wildman–Crippen MR) is 74.2 cm³/mol. The van der Waals surface area contributed by atoms with Crippen LogP contribution in [0.1, 0.15) is 23.5 Å². The zero-order chi connectivity index (χ0) is 13.8. The molecule has 4 nitrogen and oxygen atoms in total. The van der Waals surface area contributed by atoms with E-state index >= 15 is 0 Å². The lowest BCUT2D eigenvalue weighted by molar-refractivity contribution is -0.118. The highest BCUT2D eigenvalue weighted by molar-refractivity contribution is 6.32. The number of ketones is 1. The smallest absolute Gasteiger partial charge is 0.139 e. The molecule has 5 heteroatoms. The Morgan fingerprint density at radius 1 is 1.42 bits per heavy atom. The van der Waals surface area contributed by atoms with Crippen molar-refractivity contribution >= 4 is 17.4 Å². The maximum Gasteiger partial charge on any atom is 0.139 e. The van der Waals surface area contributed by atoms with Crippen molar-refractivity contribution in [3.05, 3.63) is 46.5 Å². The highest BCUT2D eigenvalue weighted by Gasteiger charge is 2.14. The highest BCUT2D eigenvalue weighted by atomic mass is 35.5. The van der Waals surface area contributed by atoms with Gasteiger partial charge >= 0.3 is 0 Å². The zero-order valence-electron chi connectivity index (χ0n) is 11.1. The second kappa shape index (κ2) is 5.97. The van der Waals surface area contributed by atoms with E-state index in [9.17, 15) is 4.79 Å². The molecule has 0 aliphatic rings. The van der Waals surface area contributed by atoms with E-state index in [1.807, 2.05) is 25.1 Å². The maximum atomic E-state index is 12.0. The molecule has 0 saturated carbocycles. The van der Waals surface area contributed by atoms with Crippen molar-refractivity contribution in [3.8, 4) is 0 Å². The molecular formula is C14H16ClN3O. The lowest BCUT2D eigenvalue weighted by Gasteiger charge is -2.03. The van der Waals surface area contributed by atoms with Crippen LogP contribution in [0, 0.1) is 6.92 Å². The largest absolute Gasteiger partial charge is 0.299 e. The fourth-order valence-electron chi connectivity index (χ4n) is 1.96. The van der Waals surface area contributed by atoms with E-state index in [0.717, 1.165) is 17.1 Å². The Bertz CT molecular complexity index is 578. The average Bonchev–Trinajstić information content (AvgIpc) is 2.64. The number of Topliss-reactive ketones (excluding diaryl/α,β-unsaturated/α-hetero) is 1. The van der Waals surface area contributed by atoms with E-state index in [4.69, 9.17) is 11.6 Å². The molecule has 0 aliphatic carbocycles. The number of hydrogen-bond donors (Lipinski definition) is 0. The van der Waals surface area contributed by atoms with Gasteiger partial charge in [0.2, 0.25) is 0 Å². The summed E-state index contributed by atoms with van der Waals surface area (Å²) < 4.78 is 1.68.